The molecular formula is C28H28N2O5. The highest BCUT2D eigenvalue weighted by molar-refractivity contribution is 6.09. The van der Waals surface area contributed by atoms with Gasteiger partial charge in [0.15, 0.2) is 6.61 Å². The van der Waals surface area contributed by atoms with E-state index in [1.54, 1.807) is 6.07 Å². The van der Waals surface area contributed by atoms with Crippen molar-refractivity contribution in [1.82, 2.24) is 4.90 Å². The second-order valence-electron chi connectivity index (χ2n) is 9.73. The fourth-order valence-corrected chi connectivity index (χ4v) is 5.72. The molecule has 2 fully saturated rings. The monoisotopic (exact) mass is 472 g/mol. The molecule has 0 radical (unpaired) electrons. The van der Waals surface area contributed by atoms with Crippen LogP contribution in [0.25, 0.3) is 0 Å². The molecule has 2 aliphatic carbocycles. The lowest BCUT2D eigenvalue weighted by molar-refractivity contribution is -0.160. The Morgan fingerprint density at radius 3 is 2.29 bits per heavy atom. The van der Waals surface area contributed by atoms with Crippen molar-refractivity contribution in [3.8, 4) is 0 Å². The van der Waals surface area contributed by atoms with E-state index in [0.717, 1.165) is 28.0 Å². The molecular weight excluding hydrogens is 444 g/mol. The maximum Gasteiger partial charge on any atom is 0.330 e. The van der Waals surface area contributed by atoms with Gasteiger partial charge in [0.1, 0.15) is 6.04 Å². The van der Waals surface area contributed by atoms with Gasteiger partial charge in [-0.2, -0.15) is 0 Å². The smallest absolute Gasteiger partial charge is 0.330 e. The van der Waals surface area contributed by atoms with Gasteiger partial charge in [-0.1, -0.05) is 60.2 Å². The molecule has 1 heterocycles. The molecule has 1 aliphatic heterocycles. The van der Waals surface area contributed by atoms with Crippen LogP contribution >= 0.6 is 0 Å². The number of hydrogen-bond acceptors (Lipinski definition) is 5. The highest BCUT2D eigenvalue weighted by Crippen LogP contribution is 2.53. The van der Waals surface area contributed by atoms with Crippen LogP contribution in [0.5, 0.6) is 0 Å². The van der Waals surface area contributed by atoms with E-state index in [9.17, 15) is 19.2 Å². The minimum absolute atomic E-state index is 0.0448. The number of benzene rings is 2. The molecule has 2 bridgehead atoms. The highest BCUT2D eigenvalue weighted by atomic mass is 16.5. The average Bonchev–Trinajstić information content (AvgIpc) is 3.52. The predicted octanol–water partition coefficient (Wildman–Crippen LogP) is 3.20. The van der Waals surface area contributed by atoms with Gasteiger partial charge in [-0.25, -0.2) is 4.79 Å². The maximum absolute atomic E-state index is 13.4. The van der Waals surface area contributed by atoms with Crippen molar-refractivity contribution in [3.63, 3.8) is 0 Å². The molecule has 5 rings (SSSR count). The third kappa shape index (κ3) is 4.27. The average molecular weight is 473 g/mol. The van der Waals surface area contributed by atoms with Crippen molar-refractivity contribution in [2.24, 2.45) is 23.7 Å². The number of hydrogen-bond donors (Lipinski definition) is 1. The largest absolute Gasteiger partial charge is 0.454 e. The molecule has 0 aromatic heterocycles. The molecule has 0 spiro atoms. The highest BCUT2D eigenvalue weighted by Gasteiger charge is 2.61. The summed E-state index contributed by atoms with van der Waals surface area (Å²) < 4.78 is 5.36. The van der Waals surface area contributed by atoms with Gasteiger partial charge in [-0.15, -0.1) is 0 Å². The Bertz CT molecular complexity index is 1190. The Labute approximate surface area is 204 Å². The molecule has 5 atom stereocenters. The Balaban J connectivity index is 1.32. The van der Waals surface area contributed by atoms with E-state index in [1.807, 2.05) is 68.5 Å². The molecule has 7 nitrogen and oxygen atoms in total. The van der Waals surface area contributed by atoms with Gasteiger partial charge in [-0.05, 0) is 49.3 Å². The number of fused-ring (bicyclic) bond motifs is 5. The number of nitrogens with zero attached hydrogens (tertiary/aromatic N) is 1. The van der Waals surface area contributed by atoms with Crippen LogP contribution in [0.1, 0.15) is 23.1 Å². The number of allylic oxidation sites excluding steroid dienone is 2. The lowest BCUT2D eigenvalue weighted by atomic mass is 9.85. The van der Waals surface area contributed by atoms with E-state index in [4.69, 9.17) is 4.74 Å². The number of nitrogens with one attached hydrogen (secondary N) is 1. The third-order valence-corrected chi connectivity index (χ3v) is 7.36. The minimum Gasteiger partial charge on any atom is -0.454 e. The van der Waals surface area contributed by atoms with E-state index in [2.05, 4.69) is 5.32 Å². The Morgan fingerprint density at radius 1 is 1.00 bits per heavy atom. The van der Waals surface area contributed by atoms with Crippen molar-refractivity contribution in [3.05, 3.63) is 77.4 Å². The van der Waals surface area contributed by atoms with Gasteiger partial charge in [0, 0.05) is 12.1 Å². The van der Waals surface area contributed by atoms with Crippen molar-refractivity contribution < 1.29 is 23.9 Å². The topological polar surface area (TPSA) is 92.8 Å². The number of likely N-dealkylation sites (tertiary alicyclic amines) is 1. The van der Waals surface area contributed by atoms with Gasteiger partial charge in [0.2, 0.25) is 11.8 Å². The van der Waals surface area contributed by atoms with Crippen LogP contribution in [0.2, 0.25) is 0 Å². The Kier molecular flexibility index (Phi) is 6.01. The molecule has 35 heavy (non-hydrogen) atoms. The van der Waals surface area contributed by atoms with Gasteiger partial charge < -0.3 is 10.1 Å². The Morgan fingerprint density at radius 2 is 1.66 bits per heavy atom. The fourth-order valence-electron chi connectivity index (χ4n) is 5.72. The summed E-state index contributed by atoms with van der Waals surface area (Å²) >= 11 is 0. The van der Waals surface area contributed by atoms with Crippen LogP contribution in [0.4, 0.5) is 5.69 Å². The molecule has 0 unspecified atom stereocenters. The standard InChI is InChI=1S/C28H28N2O5/c1-16-8-11-21(17(2)12-16)29-23(31)15-35-28(34)22(13-18-6-4-3-5-7-18)30-26(32)24-19-9-10-20(14-19)25(24)27(30)33/h3-12,19-20,22,24-25H,13-15H2,1-2H3,(H,29,31)/t19-,20-,22-,24+,25+/m0/s1. The zero-order chi connectivity index (χ0) is 24.7. The van der Waals surface area contributed by atoms with E-state index in [-0.39, 0.29) is 30.1 Å². The summed E-state index contributed by atoms with van der Waals surface area (Å²) in [5.41, 5.74) is 3.41. The summed E-state index contributed by atoms with van der Waals surface area (Å²) in [5, 5.41) is 2.75. The first-order chi connectivity index (χ1) is 16.8. The molecule has 180 valence electrons. The van der Waals surface area contributed by atoms with Crippen LogP contribution in [-0.2, 0) is 30.3 Å². The quantitative estimate of drug-likeness (QED) is 0.380. The lowest BCUT2D eigenvalue weighted by Crippen LogP contribution is -2.48. The number of esters is 1. The lowest BCUT2D eigenvalue weighted by Gasteiger charge is -2.26. The zero-order valence-electron chi connectivity index (χ0n) is 19.8. The first kappa shape index (κ1) is 23.0. The van der Waals surface area contributed by atoms with E-state index in [0.29, 0.717) is 5.69 Å². The number of carbonyl (C=O) groups excluding carboxylic acids is 4. The number of rotatable bonds is 7. The van der Waals surface area contributed by atoms with E-state index < -0.39 is 36.4 Å². The van der Waals surface area contributed by atoms with Crippen molar-refractivity contribution in [1.29, 1.82) is 0 Å². The van der Waals surface area contributed by atoms with Crippen molar-refractivity contribution in [2.75, 3.05) is 11.9 Å². The van der Waals surface area contributed by atoms with E-state index in [1.165, 1.54) is 0 Å². The van der Waals surface area contributed by atoms with Gasteiger partial charge in [0.25, 0.3) is 5.91 Å². The van der Waals surface area contributed by atoms with Gasteiger partial charge in [0.05, 0.1) is 11.8 Å². The molecule has 1 N–H and O–H groups in total. The molecule has 2 aromatic rings. The zero-order valence-corrected chi connectivity index (χ0v) is 19.8. The number of carbonyl (C=O) groups is 4. The van der Waals surface area contributed by atoms with Gasteiger partial charge in [-0.3, -0.25) is 19.3 Å². The summed E-state index contributed by atoms with van der Waals surface area (Å²) in [4.78, 5) is 53.5. The van der Waals surface area contributed by atoms with Crippen LogP contribution in [0, 0.1) is 37.5 Å². The molecule has 2 aromatic carbocycles. The molecule has 7 heteroatoms. The number of imide groups is 1. The maximum atomic E-state index is 13.4. The van der Waals surface area contributed by atoms with Crippen molar-refractivity contribution in [2.45, 2.75) is 32.7 Å². The molecule has 1 saturated carbocycles. The predicted molar refractivity (Wildman–Crippen MR) is 129 cm³/mol. The minimum atomic E-state index is -1.11. The molecule has 3 amide bonds. The second-order valence-corrected chi connectivity index (χ2v) is 9.73. The summed E-state index contributed by atoms with van der Waals surface area (Å²) in [6, 6.07) is 13.7. The number of anilines is 1. The molecule has 3 aliphatic rings. The molecule has 1 saturated heterocycles. The first-order valence-corrected chi connectivity index (χ1v) is 12.0. The number of ether oxygens (including phenoxy) is 1. The normalized spacial score (nSPS) is 25.0. The van der Waals surface area contributed by atoms with E-state index >= 15 is 0 Å². The Hall–Kier alpha value is -3.74. The SMILES string of the molecule is Cc1ccc(NC(=O)COC(=O)[C@H](Cc2ccccc2)N2C(=O)[C@H]3[C@H](C2=O)[C@H]2C=C[C@H]3C2)c(C)c1. The second kappa shape index (κ2) is 9.13. The summed E-state index contributed by atoms with van der Waals surface area (Å²) in [5.74, 6) is -2.59. The summed E-state index contributed by atoms with van der Waals surface area (Å²) in [6.45, 7) is 3.34. The van der Waals surface area contributed by atoms with Crippen LogP contribution < -0.4 is 5.32 Å². The van der Waals surface area contributed by atoms with Crippen LogP contribution in [0.15, 0.2) is 60.7 Å². The fraction of sp³-hybridized carbons (Fsp3) is 0.357. The van der Waals surface area contributed by atoms with Crippen molar-refractivity contribution >= 4 is 29.4 Å². The van der Waals surface area contributed by atoms with Crippen LogP contribution in [-0.4, -0.2) is 41.2 Å². The summed E-state index contributed by atoms with van der Waals surface area (Å²) in [7, 11) is 0. The van der Waals surface area contributed by atoms with Crippen LogP contribution in [0.3, 0.4) is 0 Å². The third-order valence-electron chi connectivity index (χ3n) is 7.36. The first-order valence-electron chi connectivity index (χ1n) is 12.0. The number of amides is 3. The van der Waals surface area contributed by atoms with Gasteiger partial charge >= 0.3 is 5.97 Å². The summed E-state index contributed by atoms with van der Waals surface area (Å²) in [6.07, 6.45) is 4.98. The number of aryl methyl sites for hydroxylation is 2.